The number of carboxylic acid groups (broad SMARTS) is 2. The topological polar surface area (TPSA) is 268 Å². The van der Waals surface area contributed by atoms with Gasteiger partial charge in [0, 0.05) is 11.6 Å². The summed E-state index contributed by atoms with van der Waals surface area (Å²) in [6.07, 6.45) is 0. The fourth-order valence-electron chi connectivity index (χ4n) is 4.68. The third-order valence-electron chi connectivity index (χ3n) is 8.08. The summed E-state index contributed by atoms with van der Waals surface area (Å²) in [6.45, 7) is 2.18. The molecule has 67 heavy (non-hydrogen) atoms. The van der Waals surface area contributed by atoms with Crippen LogP contribution in [0.1, 0.15) is 39.3 Å². The molecular formula is C47H56O18S2. The number of carbonyl (C=O) groups is 2. The van der Waals surface area contributed by atoms with Crippen LogP contribution in [-0.4, -0.2) is 96.0 Å². The lowest BCUT2D eigenvalue weighted by Crippen LogP contribution is -1.97. The molecule has 6 aromatic rings. The Morgan fingerprint density at radius 2 is 0.896 bits per heavy atom. The van der Waals surface area contributed by atoms with Crippen molar-refractivity contribution in [2.75, 3.05) is 42.7 Å². The van der Waals surface area contributed by atoms with Crippen molar-refractivity contribution in [2.45, 2.75) is 30.7 Å². The highest BCUT2D eigenvalue weighted by atomic mass is 32.2. The molecule has 20 heteroatoms. The first-order chi connectivity index (χ1) is 31.3. The minimum Gasteiger partial charge on any atom is -0.497 e. The summed E-state index contributed by atoms with van der Waals surface area (Å²) in [5, 5.41) is 25.2. The number of rotatable bonds is 12. The first kappa shape index (κ1) is 59.8. The molecule has 0 aliphatic carbocycles. The molecular weight excluding hydrogens is 917 g/mol. The molecule has 364 valence electrons. The van der Waals surface area contributed by atoms with Gasteiger partial charge >= 0.3 is 11.9 Å². The Bertz CT molecular complexity index is 2580. The summed E-state index contributed by atoms with van der Waals surface area (Å²) in [5.41, 5.74) is 2.52. The van der Waals surface area contributed by atoms with Gasteiger partial charge in [0.15, 0.2) is 0 Å². The highest BCUT2D eigenvalue weighted by Crippen LogP contribution is 2.19. The lowest BCUT2D eigenvalue weighted by atomic mass is 10.2. The predicted octanol–water partition coefficient (Wildman–Crippen LogP) is 9.00. The fraction of sp³-hybridized carbons (Fsp3) is 0.191. The van der Waals surface area contributed by atoms with E-state index in [4.69, 9.17) is 53.0 Å². The minimum atomic E-state index is -4.12. The van der Waals surface area contributed by atoms with Crippen LogP contribution in [0.25, 0.3) is 0 Å². The second-order valence-corrected chi connectivity index (χ2v) is 15.3. The second kappa shape index (κ2) is 31.6. The van der Waals surface area contributed by atoms with Gasteiger partial charge in [-0.3, -0.25) is 14.4 Å². The first-order valence-corrected chi connectivity index (χ1v) is 21.6. The molecule has 0 atom stereocenters. The van der Waals surface area contributed by atoms with Crippen molar-refractivity contribution >= 4 is 32.2 Å². The number of ether oxygens (including phenoxy) is 6. The Hall–Kier alpha value is -7.20. The van der Waals surface area contributed by atoms with Crippen molar-refractivity contribution in [1.29, 1.82) is 0 Å². The van der Waals surface area contributed by atoms with Gasteiger partial charge < -0.3 is 38.6 Å². The number of hydrogen-bond donors (Lipinski definition) is 5. The highest BCUT2D eigenvalue weighted by molar-refractivity contribution is 7.86. The molecule has 6 rings (SSSR count). The van der Waals surface area contributed by atoms with Gasteiger partial charge in [0.1, 0.15) is 41.1 Å². The maximum atomic E-state index is 10.6. The maximum absolute atomic E-state index is 10.6. The summed E-state index contributed by atoms with van der Waals surface area (Å²) in [4.78, 5) is 24.5. The lowest BCUT2D eigenvalue weighted by Gasteiger charge is -2.04. The van der Waals surface area contributed by atoms with Crippen LogP contribution in [-0.2, 0) is 31.7 Å². The lowest BCUT2D eigenvalue weighted by molar-refractivity contribution is -0.253. The Labute approximate surface area is 390 Å². The van der Waals surface area contributed by atoms with Crippen LogP contribution in [0.3, 0.4) is 0 Å². The van der Waals surface area contributed by atoms with E-state index in [9.17, 15) is 26.4 Å². The van der Waals surface area contributed by atoms with Crippen molar-refractivity contribution in [1.82, 2.24) is 0 Å². The molecule has 0 saturated heterocycles. The fourth-order valence-corrected chi connectivity index (χ4v) is 5.67. The molecule has 18 nitrogen and oxygen atoms in total. The van der Waals surface area contributed by atoms with E-state index in [1.807, 2.05) is 55.5 Å². The van der Waals surface area contributed by atoms with E-state index in [1.54, 1.807) is 44.6 Å². The standard InChI is InChI=1S/2C8H8O3.C8H10O3.C8H10O.2C7H8O4S.CH4/c1-11-7-4-2-6(3-5-7)8(9)10;1-11-7-4-2-3-6(5-7)8(9)10;1-10-8-5-3-2-4-7(8)6-11-9;1-7-5-3-4-6-8(7)9-2;1-11-6-2-4-7(5-3-6)12(8,9)10;1-11-6-3-2-4-7(5-6)12(8,9)10;/h2*2-5H,1H3,(H,9,10);2-5,9H,6H2,1H3;3-6H,1-2H3;2*2-5H,1H3,(H,8,9,10);1H4. The minimum absolute atomic E-state index is 0. The largest absolute Gasteiger partial charge is 0.497 e. The molecule has 0 amide bonds. The quantitative estimate of drug-likeness (QED) is 0.0435. The Kier molecular flexibility index (Phi) is 28.2. The van der Waals surface area contributed by atoms with Crippen molar-refractivity contribution in [3.63, 3.8) is 0 Å². The number of para-hydroxylation sites is 2. The monoisotopic (exact) mass is 972 g/mol. The van der Waals surface area contributed by atoms with E-state index in [2.05, 4.69) is 4.89 Å². The summed E-state index contributed by atoms with van der Waals surface area (Å²) < 4.78 is 88.8. The molecule has 0 bridgehead atoms. The Morgan fingerprint density at radius 3 is 1.31 bits per heavy atom. The third kappa shape index (κ3) is 23.5. The van der Waals surface area contributed by atoms with Gasteiger partial charge in [-0.15, -0.1) is 0 Å². The average Bonchev–Trinajstić information content (AvgIpc) is 3.32. The van der Waals surface area contributed by atoms with Gasteiger partial charge in [-0.25, -0.2) is 14.5 Å². The normalized spacial score (nSPS) is 9.82. The smallest absolute Gasteiger partial charge is 0.335 e. The number of hydrogen-bond acceptors (Lipinski definition) is 14. The van der Waals surface area contributed by atoms with Crippen LogP contribution in [0.4, 0.5) is 0 Å². The van der Waals surface area contributed by atoms with Crippen LogP contribution in [0.5, 0.6) is 34.5 Å². The molecule has 6 aromatic carbocycles. The van der Waals surface area contributed by atoms with Crippen LogP contribution < -0.4 is 28.4 Å². The summed E-state index contributed by atoms with van der Waals surface area (Å²) in [6, 6.07) is 39.0. The van der Waals surface area contributed by atoms with Crippen molar-refractivity contribution in [3.8, 4) is 34.5 Å². The summed E-state index contributed by atoms with van der Waals surface area (Å²) in [5.74, 6) is 1.98. The van der Waals surface area contributed by atoms with Gasteiger partial charge in [0.25, 0.3) is 20.2 Å². The van der Waals surface area contributed by atoms with Gasteiger partial charge in [-0.1, -0.05) is 56.0 Å². The van der Waals surface area contributed by atoms with E-state index in [0.29, 0.717) is 23.0 Å². The molecule has 0 aliphatic rings. The van der Waals surface area contributed by atoms with Crippen molar-refractivity contribution in [3.05, 3.63) is 168 Å². The first-order valence-electron chi connectivity index (χ1n) is 18.7. The van der Waals surface area contributed by atoms with Gasteiger partial charge in [-0.2, -0.15) is 16.8 Å². The number of benzene rings is 6. The molecule has 0 radical (unpaired) electrons. The van der Waals surface area contributed by atoms with Crippen LogP contribution >= 0.6 is 0 Å². The van der Waals surface area contributed by atoms with E-state index in [1.165, 1.54) is 101 Å². The number of aryl methyl sites for hydroxylation is 1. The summed E-state index contributed by atoms with van der Waals surface area (Å²) >= 11 is 0. The van der Waals surface area contributed by atoms with E-state index in [-0.39, 0.29) is 35.0 Å². The van der Waals surface area contributed by atoms with Crippen LogP contribution in [0.2, 0.25) is 0 Å². The zero-order chi connectivity index (χ0) is 49.7. The Morgan fingerprint density at radius 1 is 0.463 bits per heavy atom. The number of carboxylic acids is 2. The molecule has 0 unspecified atom stereocenters. The zero-order valence-electron chi connectivity index (χ0n) is 36.9. The number of aromatic carboxylic acids is 2. The van der Waals surface area contributed by atoms with Gasteiger partial charge in [-0.05, 0) is 103 Å². The second-order valence-electron chi connectivity index (χ2n) is 12.4. The van der Waals surface area contributed by atoms with E-state index >= 15 is 0 Å². The molecule has 5 N–H and O–H groups in total. The molecule has 0 fully saturated rings. The maximum Gasteiger partial charge on any atom is 0.335 e. The van der Waals surface area contributed by atoms with Gasteiger partial charge in [0.05, 0.1) is 63.6 Å². The summed E-state index contributed by atoms with van der Waals surface area (Å²) in [7, 11) is 0.996. The molecule has 0 saturated carbocycles. The Balaban J connectivity index is 0.000000779. The van der Waals surface area contributed by atoms with Crippen molar-refractivity contribution < 1.29 is 84.3 Å². The molecule has 0 aromatic heterocycles. The van der Waals surface area contributed by atoms with Crippen LogP contribution in [0.15, 0.2) is 155 Å². The van der Waals surface area contributed by atoms with Gasteiger partial charge in [0.2, 0.25) is 0 Å². The molecule has 0 spiro atoms. The third-order valence-corrected chi connectivity index (χ3v) is 9.79. The van der Waals surface area contributed by atoms with Crippen LogP contribution in [0, 0.1) is 6.92 Å². The number of methoxy groups -OCH3 is 6. The highest BCUT2D eigenvalue weighted by Gasteiger charge is 2.10. The predicted molar refractivity (Wildman–Crippen MR) is 250 cm³/mol. The SMILES string of the molecule is C.COc1ccc(C(=O)O)cc1.COc1ccc(S(=O)(=O)O)cc1.COc1cccc(C(=O)O)c1.COc1cccc(S(=O)(=O)O)c1.COc1ccccc1C.COc1ccccc1COO. The zero-order valence-corrected chi connectivity index (χ0v) is 38.6. The molecule has 0 heterocycles. The van der Waals surface area contributed by atoms with E-state index < -0.39 is 32.2 Å². The average molecular weight is 973 g/mol. The van der Waals surface area contributed by atoms with Crippen molar-refractivity contribution in [2.24, 2.45) is 0 Å². The molecule has 0 aliphatic heterocycles. The van der Waals surface area contributed by atoms with E-state index in [0.717, 1.165) is 17.1 Å².